The summed E-state index contributed by atoms with van der Waals surface area (Å²) in [5.41, 5.74) is 1.13. The molecule has 0 spiro atoms. The summed E-state index contributed by atoms with van der Waals surface area (Å²) in [6, 6.07) is 12.7. The maximum atomic E-state index is 13.1. The second-order valence-corrected chi connectivity index (χ2v) is 9.76. The van der Waals surface area contributed by atoms with Gasteiger partial charge in [-0.15, -0.1) is 0 Å². The van der Waals surface area contributed by atoms with Gasteiger partial charge in [-0.05, 0) is 62.3 Å². The summed E-state index contributed by atoms with van der Waals surface area (Å²) in [5, 5.41) is 0. The molecule has 6 nitrogen and oxygen atoms in total. The minimum absolute atomic E-state index is 0.0119. The Morgan fingerprint density at radius 1 is 0.897 bits per heavy atom. The third-order valence-corrected chi connectivity index (χ3v) is 7.79. The van der Waals surface area contributed by atoms with Crippen LogP contribution in [0, 0.1) is 30.6 Å². The van der Waals surface area contributed by atoms with Gasteiger partial charge in [-0.3, -0.25) is 9.59 Å². The number of anilines is 1. The third kappa shape index (κ3) is 2.79. The van der Waals surface area contributed by atoms with Crippen molar-refractivity contribution in [2.45, 2.75) is 31.1 Å². The summed E-state index contributed by atoms with van der Waals surface area (Å²) >= 11 is 0. The van der Waals surface area contributed by atoms with E-state index in [1.54, 1.807) is 30.3 Å². The van der Waals surface area contributed by atoms with E-state index >= 15 is 0 Å². The quantitative estimate of drug-likeness (QED) is 0.570. The predicted octanol–water partition coefficient (Wildman–Crippen LogP) is 3.30. The highest BCUT2D eigenvalue weighted by Crippen LogP contribution is 2.57. The SMILES string of the molecule is Cc1ccc(S(=O)(=O)Oc2ccccc2N2C(=O)[C@@H]3[C@H]4CC[C@@H](C4)[C@@H]3C2=O)cc1. The number of para-hydroxylation sites is 2. The fourth-order valence-corrected chi connectivity index (χ4v) is 6.17. The van der Waals surface area contributed by atoms with Gasteiger partial charge in [-0.1, -0.05) is 29.8 Å². The number of hydrogen-bond donors (Lipinski definition) is 0. The lowest BCUT2D eigenvalue weighted by molar-refractivity contribution is -0.123. The van der Waals surface area contributed by atoms with Crippen LogP contribution in [0.25, 0.3) is 0 Å². The Morgan fingerprint density at radius 3 is 2.10 bits per heavy atom. The molecule has 5 rings (SSSR count). The molecule has 3 aliphatic rings. The molecule has 3 fully saturated rings. The van der Waals surface area contributed by atoms with Gasteiger partial charge in [0.25, 0.3) is 0 Å². The van der Waals surface area contributed by atoms with Gasteiger partial charge in [0.15, 0.2) is 5.75 Å². The number of hydrogen-bond acceptors (Lipinski definition) is 5. The maximum Gasteiger partial charge on any atom is 0.339 e. The summed E-state index contributed by atoms with van der Waals surface area (Å²) in [5.74, 6) is -0.494. The molecular weight excluding hydrogens is 390 g/mol. The number of carbonyl (C=O) groups excluding carboxylic acids is 2. The number of amides is 2. The zero-order valence-electron chi connectivity index (χ0n) is 15.9. The zero-order valence-corrected chi connectivity index (χ0v) is 16.8. The van der Waals surface area contributed by atoms with Gasteiger partial charge in [0.2, 0.25) is 11.8 Å². The average molecular weight is 411 g/mol. The van der Waals surface area contributed by atoms with Gasteiger partial charge in [0.1, 0.15) is 4.90 Å². The highest BCUT2D eigenvalue weighted by atomic mass is 32.2. The molecule has 2 amide bonds. The number of imide groups is 1. The molecule has 2 bridgehead atoms. The minimum atomic E-state index is -4.09. The Bertz CT molecular complexity index is 1080. The van der Waals surface area contributed by atoms with Crippen LogP contribution >= 0.6 is 0 Å². The summed E-state index contributed by atoms with van der Waals surface area (Å²) in [4.78, 5) is 27.4. The number of benzene rings is 2. The molecular formula is C22H21NO5S. The molecule has 150 valence electrons. The van der Waals surface area contributed by atoms with Crippen LogP contribution < -0.4 is 9.08 Å². The largest absolute Gasteiger partial charge is 0.377 e. The standard InChI is InChI=1S/C22H21NO5S/c1-13-6-10-16(11-7-13)29(26,27)28-18-5-3-2-4-17(18)23-21(24)19-14-8-9-15(12-14)20(19)22(23)25/h2-7,10-11,14-15,19-20H,8-9,12H2,1H3/t14-,15-,19-,20+/m0/s1. The third-order valence-electron chi connectivity index (χ3n) is 6.54. The van der Waals surface area contributed by atoms with Gasteiger partial charge < -0.3 is 4.18 Å². The Hall–Kier alpha value is -2.67. The van der Waals surface area contributed by atoms with Crippen LogP contribution in [0.1, 0.15) is 24.8 Å². The van der Waals surface area contributed by atoms with Crippen molar-refractivity contribution >= 4 is 27.6 Å². The predicted molar refractivity (Wildman–Crippen MR) is 106 cm³/mol. The lowest BCUT2D eigenvalue weighted by Crippen LogP contribution is -2.33. The molecule has 1 saturated heterocycles. The van der Waals surface area contributed by atoms with Crippen molar-refractivity contribution < 1.29 is 22.2 Å². The number of aryl methyl sites for hydroxylation is 1. The average Bonchev–Trinajstić information content (AvgIpc) is 3.37. The molecule has 0 unspecified atom stereocenters. The van der Waals surface area contributed by atoms with E-state index in [2.05, 4.69) is 0 Å². The maximum absolute atomic E-state index is 13.1. The second kappa shape index (κ2) is 6.42. The van der Waals surface area contributed by atoms with E-state index in [9.17, 15) is 18.0 Å². The molecule has 0 radical (unpaired) electrons. The molecule has 2 aliphatic carbocycles. The Labute approximate surface area is 169 Å². The van der Waals surface area contributed by atoms with Crippen LogP contribution in [0.5, 0.6) is 5.75 Å². The van der Waals surface area contributed by atoms with E-state index in [1.165, 1.54) is 18.2 Å². The molecule has 0 aromatic heterocycles. The topological polar surface area (TPSA) is 80.8 Å². The van der Waals surface area contributed by atoms with Gasteiger partial charge in [0.05, 0.1) is 17.5 Å². The van der Waals surface area contributed by atoms with Gasteiger partial charge in [0, 0.05) is 0 Å². The molecule has 1 heterocycles. The highest BCUT2D eigenvalue weighted by molar-refractivity contribution is 7.87. The molecule has 2 saturated carbocycles. The van der Waals surface area contributed by atoms with Gasteiger partial charge >= 0.3 is 10.1 Å². The van der Waals surface area contributed by atoms with E-state index in [0.717, 1.165) is 29.7 Å². The first-order valence-electron chi connectivity index (χ1n) is 9.85. The lowest BCUT2D eigenvalue weighted by atomic mass is 9.81. The monoisotopic (exact) mass is 411 g/mol. The first-order valence-corrected chi connectivity index (χ1v) is 11.3. The van der Waals surface area contributed by atoms with Gasteiger partial charge in [-0.25, -0.2) is 4.90 Å². The van der Waals surface area contributed by atoms with Gasteiger partial charge in [-0.2, -0.15) is 8.42 Å². The zero-order chi connectivity index (χ0) is 20.3. The van der Waals surface area contributed by atoms with Crippen molar-refractivity contribution in [3.05, 3.63) is 54.1 Å². The Balaban J connectivity index is 1.50. The molecule has 29 heavy (non-hydrogen) atoms. The smallest absolute Gasteiger partial charge is 0.339 e. The summed E-state index contributed by atoms with van der Waals surface area (Å²) in [6.07, 6.45) is 2.91. The van der Waals surface area contributed by atoms with Crippen LogP contribution in [0.15, 0.2) is 53.4 Å². The molecule has 1 aliphatic heterocycles. The summed E-state index contributed by atoms with van der Waals surface area (Å²) in [7, 11) is -4.09. The number of rotatable bonds is 4. The van der Waals surface area contributed by atoms with E-state index < -0.39 is 10.1 Å². The number of carbonyl (C=O) groups is 2. The van der Waals surface area contributed by atoms with Crippen molar-refractivity contribution in [3.63, 3.8) is 0 Å². The van der Waals surface area contributed by atoms with Crippen LogP contribution in [-0.4, -0.2) is 20.2 Å². The number of nitrogens with zero attached hydrogens (tertiary/aromatic N) is 1. The fourth-order valence-electron chi connectivity index (χ4n) is 5.23. The van der Waals surface area contributed by atoms with Crippen molar-refractivity contribution in [2.75, 3.05) is 4.90 Å². The summed E-state index contributed by atoms with van der Waals surface area (Å²) in [6.45, 7) is 1.86. The second-order valence-electron chi connectivity index (χ2n) is 8.21. The van der Waals surface area contributed by atoms with E-state index in [0.29, 0.717) is 0 Å². The minimum Gasteiger partial charge on any atom is -0.377 e. The molecule has 4 atom stereocenters. The lowest BCUT2D eigenvalue weighted by Gasteiger charge is -2.20. The molecule has 0 N–H and O–H groups in total. The Kier molecular flexibility index (Phi) is 4.07. The normalized spacial score (nSPS) is 28.1. The molecule has 2 aromatic rings. The van der Waals surface area contributed by atoms with Crippen molar-refractivity contribution in [1.29, 1.82) is 0 Å². The van der Waals surface area contributed by atoms with Crippen molar-refractivity contribution in [3.8, 4) is 5.75 Å². The Morgan fingerprint density at radius 2 is 1.48 bits per heavy atom. The van der Waals surface area contributed by atoms with Crippen molar-refractivity contribution in [2.24, 2.45) is 23.7 Å². The molecule has 7 heteroatoms. The highest BCUT2D eigenvalue weighted by Gasteiger charge is 2.61. The van der Waals surface area contributed by atoms with Crippen molar-refractivity contribution in [1.82, 2.24) is 0 Å². The van der Waals surface area contributed by atoms with E-state index in [-0.39, 0.29) is 51.8 Å². The van der Waals surface area contributed by atoms with Crippen LogP contribution in [-0.2, 0) is 19.7 Å². The first kappa shape index (κ1) is 18.4. The van der Waals surface area contributed by atoms with E-state index in [1.807, 2.05) is 6.92 Å². The van der Waals surface area contributed by atoms with E-state index in [4.69, 9.17) is 4.18 Å². The molecule has 2 aromatic carbocycles. The van der Waals surface area contributed by atoms with Crippen LogP contribution in [0.4, 0.5) is 5.69 Å². The first-order chi connectivity index (χ1) is 13.9. The fraction of sp³-hybridized carbons (Fsp3) is 0.364. The summed E-state index contributed by atoms with van der Waals surface area (Å²) < 4.78 is 30.9. The number of fused-ring (bicyclic) bond motifs is 5. The van der Waals surface area contributed by atoms with Crippen LogP contribution in [0.2, 0.25) is 0 Å². The van der Waals surface area contributed by atoms with Crippen LogP contribution in [0.3, 0.4) is 0 Å².